The second kappa shape index (κ2) is 8.78. The smallest absolute Gasteiger partial charge is 0.325 e. The molecule has 2 saturated heterocycles. The molecule has 0 spiro atoms. The number of amides is 4. The number of nitrogens with zero attached hydrogens (tertiary/aromatic N) is 3. The third-order valence-electron chi connectivity index (χ3n) is 6.81. The van der Waals surface area contributed by atoms with E-state index in [1.165, 1.54) is 13.0 Å². The molecule has 0 bridgehead atoms. The second-order valence-electron chi connectivity index (χ2n) is 9.19. The average molecular weight is 493 g/mol. The number of nitrogens with one attached hydrogen (secondary N) is 1. The minimum Gasteiger partial charge on any atom is -0.458 e. The first-order valence-corrected chi connectivity index (χ1v) is 11.6. The van der Waals surface area contributed by atoms with Gasteiger partial charge in [0.25, 0.3) is 5.91 Å². The van der Waals surface area contributed by atoms with E-state index in [0.717, 1.165) is 10.3 Å². The average Bonchev–Trinajstić information content (AvgIpc) is 3.40. The molecule has 1 atom stereocenters. The molecule has 36 heavy (non-hydrogen) atoms. The van der Waals surface area contributed by atoms with Gasteiger partial charge in [0.05, 0.1) is 5.69 Å². The molecule has 5 rings (SSSR count). The predicted molar refractivity (Wildman–Crippen MR) is 129 cm³/mol. The van der Waals surface area contributed by atoms with E-state index in [0.29, 0.717) is 48.8 Å². The first-order chi connectivity index (χ1) is 17.2. The van der Waals surface area contributed by atoms with E-state index in [1.807, 2.05) is 18.2 Å². The molecule has 2 fully saturated rings. The highest BCUT2D eigenvalue weighted by Crippen LogP contribution is 2.33. The van der Waals surface area contributed by atoms with Gasteiger partial charge in [-0.25, -0.2) is 9.18 Å². The monoisotopic (exact) mass is 492 g/mol. The summed E-state index contributed by atoms with van der Waals surface area (Å²) in [4.78, 5) is 54.6. The number of hydrogen-bond acceptors (Lipinski definition) is 6. The lowest BCUT2D eigenvalue weighted by Crippen LogP contribution is -2.52. The Morgan fingerprint density at radius 1 is 1.06 bits per heavy atom. The number of carbonyl (C=O) groups is 4. The Morgan fingerprint density at radius 3 is 2.44 bits per heavy atom. The summed E-state index contributed by atoms with van der Waals surface area (Å²) in [6.45, 7) is 3.89. The number of fused-ring (bicyclic) bond motifs is 1. The Balaban J connectivity index is 1.24. The fourth-order valence-corrected chi connectivity index (χ4v) is 4.65. The van der Waals surface area contributed by atoms with Crippen LogP contribution in [0, 0.1) is 5.82 Å². The van der Waals surface area contributed by atoms with Crippen LogP contribution in [-0.4, -0.2) is 66.2 Å². The van der Waals surface area contributed by atoms with E-state index < -0.39 is 29.8 Å². The van der Waals surface area contributed by atoms with Gasteiger partial charge in [-0.3, -0.25) is 19.3 Å². The van der Waals surface area contributed by atoms with E-state index in [-0.39, 0.29) is 11.7 Å². The van der Waals surface area contributed by atoms with Crippen LogP contribution in [0.1, 0.15) is 30.0 Å². The van der Waals surface area contributed by atoms with Gasteiger partial charge in [-0.15, -0.1) is 0 Å². The summed E-state index contributed by atoms with van der Waals surface area (Å²) in [7, 11) is 0. The minimum atomic E-state index is -1.42. The Morgan fingerprint density at radius 2 is 1.78 bits per heavy atom. The molecule has 0 aliphatic carbocycles. The predicted octanol–water partition coefficient (Wildman–Crippen LogP) is 2.89. The topological polar surface area (TPSA) is 103 Å². The first kappa shape index (κ1) is 23.5. The van der Waals surface area contributed by atoms with Crippen molar-refractivity contribution in [3.63, 3.8) is 0 Å². The maximum Gasteiger partial charge on any atom is 0.325 e. The zero-order chi connectivity index (χ0) is 25.6. The zero-order valence-corrected chi connectivity index (χ0v) is 19.9. The van der Waals surface area contributed by atoms with Gasteiger partial charge in [-0.05, 0) is 44.2 Å². The van der Waals surface area contributed by atoms with Crippen molar-refractivity contribution in [1.82, 2.24) is 15.1 Å². The lowest BCUT2D eigenvalue weighted by atomic mass is 9.99. The molecule has 4 amide bonds. The van der Waals surface area contributed by atoms with Crippen molar-refractivity contribution in [2.24, 2.45) is 0 Å². The number of imide groups is 1. The van der Waals surface area contributed by atoms with E-state index in [9.17, 15) is 23.6 Å². The number of benzene rings is 2. The first-order valence-electron chi connectivity index (χ1n) is 11.6. The lowest BCUT2D eigenvalue weighted by Gasteiger charge is -2.36. The number of piperazine rings is 1. The van der Waals surface area contributed by atoms with Crippen molar-refractivity contribution < 1.29 is 28.0 Å². The molecule has 0 radical (unpaired) electrons. The van der Waals surface area contributed by atoms with Gasteiger partial charge in [-0.2, -0.15) is 0 Å². The number of halogens is 1. The summed E-state index contributed by atoms with van der Waals surface area (Å²) in [6.07, 6.45) is 0. The van der Waals surface area contributed by atoms with Gasteiger partial charge in [-0.1, -0.05) is 18.2 Å². The van der Waals surface area contributed by atoms with Gasteiger partial charge in [0.2, 0.25) is 5.91 Å². The summed E-state index contributed by atoms with van der Waals surface area (Å²) < 4.78 is 20.3. The highest BCUT2D eigenvalue weighted by Gasteiger charge is 2.52. The molecular weight excluding hydrogens is 467 g/mol. The van der Waals surface area contributed by atoms with E-state index in [4.69, 9.17) is 4.42 Å². The van der Waals surface area contributed by atoms with Crippen molar-refractivity contribution in [3.8, 4) is 0 Å². The number of Topliss-reactive ketones (excluding diaryl/α,β-unsaturated/α-hetero) is 1. The molecule has 3 heterocycles. The summed E-state index contributed by atoms with van der Waals surface area (Å²) in [5, 5.41) is 3.46. The molecule has 0 saturated carbocycles. The minimum absolute atomic E-state index is 0.215. The van der Waals surface area contributed by atoms with Crippen LogP contribution in [0.3, 0.4) is 0 Å². The van der Waals surface area contributed by atoms with Crippen molar-refractivity contribution in [2.75, 3.05) is 37.6 Å². The maximum atomic E-state index is 14.5. The number of para-hydroxylation sites is 1. The molecule has 3 aromatic rings. The van der Waals surface area contributed by atoms with Gasteiger partial charge < -0.3 is 19.5 Å². The summed E-state index contributed by atoms with van der Waals surface area (Å²) in [6, 6.07) is 12.7. The number of rotatable bonds is 5. The molecule has 0 unspecified atom stereocenters. The van der Waals surface area contributed by atoms with Crippen LogP contribution >= 0.6 is 0 Å². The largest absolute Gasteiger partial charge is 0.458 e. The Bertz CT molecular complexity index is 1360. The fraction of sp³-hybridized carbons (Fsp3) is 0.308. The van der Waals surface area contributed by atoms with Crippen molar-refractivity contribution in [2.45, 2.75) is 19.4 Å². The van der Waals surface area contributed by atoms with Crippen LogP contribution < -0.4 is 10.2 Å². The molecular formula is C26H25FN4O5. The summed E-state index contributed by atoms with van der Waals surface area (Å²) in [5.41, 5.74) is -0.162. The highest BCUT2D eigenvalue weighted by atomic mass is 19.1. The van der Waals surface area contributed by atoms with Gasteiger partial charge in [0.1, 0.15) is 23.7 Å². The number of furan rings is 1. The number of ketones is 1. The molecule has 1 N–H and O–H groups in total. The molecule has 9 nitrogen and oxygen atoms in total. The van der Waals surface area contributed by atoms with E-state index in [2.05, 4.69) is 5.32 Å². The third-order valence-corrected chi connectivity index (χ3v) is 6.81. The molecule has 2 aromatic carbocycles. The Labute approximate surface area is 206 Å². The lowest BCUT2D eigenvalue weighted by molar-refractivity contribution is -0.139. The number of hydrogen-bond donors (Lipinski definition) is 1. The van der Waals surface area contributed by atoms with Crippen LogP contribution in [0.4, 0.5) is 14.9 Å². The van der Waals surface area contributed by atoms with Crippen LogP contribution in [0.2, 0.25) is 0 Å². The standard InChI is InChI=1S/C26H25FN4O5/c1-16(32)17-7-8-20(19(27)13-17)29-9-11-30(12-10-29)23(33)15-31-24(34)26(2,28-25(31)35)22-14-18-5-3-4-6-21(18)36-22/h3-8,13-14H,9-12,15H2,1-2H3,(H,28,35)/t26-/m0/s1. The molecule has 2 aliphatic heterocycles. The van der Waals surface area contributed by atoms with Crippen LogP contribution in [-0.2, 0) is 15.1 Å². The normalized spacial score (nSPS) is 20.2. The summed E-state index contributed by atoms with van der Waals surface area (Å²) in [5.74, 6) is -1.35. The maximum absolute atomic E-state index is 14.5. The van der Waals surface area contributed by atoms with Crippen molar-refractivity contribution in [1.29, 1.82) is 0 Å². The Hall–Kier alpha value is -4.21. The third kappa shape index (κ3) is 3.98. The molecule has 1 aromatic heterocycles. The van der Waals surface area contributed by atoms with Crippen LogP contribution in [0.15, 0.2) is 52.9 Å². The number of carbonyl (C=O) groups excluding carboxylic acids is 4. The number of urea groups is 1. The fourth-order valence-electron chi connectivity index (χ4n) is 4.65. The van der Waals surface area contributed by atoms with Crippen molar-refractivity contribution in [3.05, 3.63) is 65.7 Å². The van der Waals surface area contributed by atoms with Gasteiger partial charge in [0, 0.05) is 37.1 Å². The second-order valence-corrected chi connectivity index (χ2v) is 9.19. The van der Waals surface area contributed by atoms with E-state index in [1.54, 1.807) is 41.0 Å². The zero-order valence-electron chi connectivity index (χ0n) is 19.9. The number of anilines is 1. The van der Waals surface area contributed by atoms with Crippen molar-refractivity contribution >= 4 is 40.3 Å². The van der Waals surface area contributed by atoms with Gasteiger partial charge >= 0.3 is 6.03 Å². The SMILES string of the molecule is CC(=O)c1ccc(N2CCN(C(=O)CN3C(=O)N[C@@](C)(c4cc5ccccc5o4)C3=O)CC2)c(F)c1. The quantitative estimate of drug-likeness (QED) is 0.434. The molecule has 186 valence electrons. The summed E-state index contributed by atoms with van der Waals surface area (Å²) >= 11 is 0. The highest BCUT2D eigenvalue weighted by molar-refractivity contribution is 6.09. The molecule has 10 heteroatoms. The van der Waals surface area contributed by atoms with Crippen LogP contribution in [0.5, 0.6) is 0 Å². The van der Waals surface area contributed by atoms with Crippen LogP contribution in [0.25, 0.3) is 11.0 Å². The van der Waals surface area contributed by atoms with Gasteiger partial charge in [0.15, 0.2) is 11.3 Å². The Kier molecular flexibility index (Phi) is 5.74. The molecule has 2 aliphatic rings. The van der Waals surface area contributed by atoms with E-state index >= 15 is 0 Å².